The van der Waals surface area contributed by atoms with Crippen molar-refractivity contribution in [3.63, 3.8) is 0 Å². The number of benzene rings is 4. The van der Waals surface area contributed by atoms with Gasteiger partial charge in [0, 0.05) is 52.6 Å². The van der Waals surface area contributed by atoms with Crippen molar-refractivity contribution < 1.29 is 4.79 Å². The maximum absolute atomic E-state index is 10.9. The van der Waals surface area contributed by atoms with Crippen LogP contribution in [0.1, 0.15) is 40.9 Å². The first-order valence-electron chi connectivity index (χ1n) is 11.8. The van der Waals surface area contributed by atoms with Crippen LogP contribution in [0.15, 0.2) is 108 Å². The largest absolute Gasteiger partial charge is 0.398 e. The van der Waals surface area contributed by atoms with Crippen molar-refractivity contribution in [1.82, 2.24) is 0 Å². The minimum atomic E-state index is -0.00463. The Morgan fingerprint density at radius 2 is 1.05 bits per heavy atom. The summed E-state index contributed by atoms with van der Waals surface area (Å²) in [5.41, 5.74) is 23.1. The number of nitrogens with zero attached hydrogens (tertiary/aromatic N) is 1. The van der Waals surface area contributed by atoms with E-state index in [4.69, 9.17) is 17.2 Å². The zero-order valence-corrected chi connectivity index (χ0v) is 29.2. The van der Waals surface area contributed by atoms with E-state index in [0.717, 1.165) is 34.9 Å². The van der Waals surface area contributed by atoms with E-state index in [2.05, 4.69) is 80.8 Å². The highest BCUT2D eigenvalue weighted by atomic mass is 79.9. The standard InChI is InChI=1S/C15H14Br2N2.C8H8BrNO.C7H8BrN.ClH/c1-10(14-7-6-13(17)8-15(14)18)19-9-11-2-4-12(16)5-3-11;1-5(11)7-3-2-6(9)4-8(7)10;8-7-3-1-6(5-9)2-4-7;/h2-8H,9,18H2,1H3;2-4H,10H2,1H3;1-4H,5,9H2;1H. The van der Waals surface area contributed by atoms with Crippen LogP contribution in [0.2, 0.25) is 0 Å². The molecule has 0 unspecified atom stereocenters. The second-order valence-corrected chi connectivity index (χ2v) is 12.0. The number of aliphatic imine (C=N–C) groups is 1. The first-order valence-corrected chi connectivity index (χ1v) is 15.0. The lowest BCUT2D eigenvalue weighted by Crippen LogP contribution is -2.01. The summed E-state index contributed by atoms with van der Waals surface area (Å²) < 4.78 is 4.04. The predicted octanol–water partition coefficient (Wildman–Crippen LogP) is 9.37. The fraction of sp³-hybridized carbons (Fsp3) is 0.133. The van der Waals surface area contributed by atoms with Crippen LogP contribution in [0.4, 0.5) is 11.4 Å². The molecule has 0 aliphatic rings. The number of ketones is 1. The van der Waals surface area contributed by atoms with Crippen molar-refractivity contribution in [3.8, 4) is 0 Å². The van der Waals surface area contributed by atoms with Gasteiger partial charge in [-0.1, -0.05) is 88.0 Å². The summed E-state index contributed by atoms with van der Waals surface area (Å²) in [4.78, 5) is 15.5. The molecule has 0 fully saturated rings. The number of anilines is 2. The number of Topliss-reactive ketones (excluding diaryl/α,β-unsaturated/α-hetero) is 1. The summed E-state index contributed by atoms with van der Waals surface area (Å²) in [5, 5.41) is 0. The van der Waals surface area contributed by atoms with E-state index in [0.29, 0.717) is 24.3 Å². The third-order valence-electron chi connectivity index (χ3n) is 5.36. The first-order chi connectivity index (χ1) is 18.5. The van der Waals surface area contributed by atoms with Gasteiger partial charge in [0.15, 0.2) is 5.78 Å². The quantitative estimate of drug-likeness (QED) is 0.106. The average molecular weight is 819 g/mol. The summed E-state index contributed by atoms with van der Waals surface area (Å²) in [7, 11) is 0. The number of halogens is 5. The van der Waals surface area contributed by atoms with Crippen LogP contribution in [0.5, 0.6) is 0 Å². The number of nitrogens with two attached hydrogens (primary N) is 3. The van der Waals surface area contributed by atoms with Gasteiger partial charge in [-0.15, -0.1) is 12.4 Å². The third-order valence-corrected chi connectivity index (χ3v) is 7.40. The average Bonchev–Trinajstić information content (AvgIpc) is 2.89. The van der Waals surface area contributed by atoms with Crippen LogP contribution in [0.3, 0.4) is 0 Å². The molecule has 0 radical (unpaired) electrons. The monoisotopic (exact) mass is 814 g/mol. The molecular formula is C30H31Br4ClN4O. The molecule has 0 aliphatic heterocycles. The highest BCUT2D eigenvalue weighted by Crippen LogP contribution is 2.20. The Hall–Kier alpha value is -2.01. The first kappa shape index (κ1) is 36.0. The highest BCUT2D eigenvalue weighted by molar-refractivity contribution is 9.11. The summed E-state index contributed by atoms with van der Waals surface area (Å²) in [6, 6.07) is 27.2. The second-order valence-electron chi connectivity index (χ2n) is 8.38. The Bertz CT molecular complexity index is 1410. The summed E-state index contributed by atoms with van der Waals surface area (Å²) >= 11 is 13.4. The minimum absolute atomic E-state index is 0. The summed E-state index contributed by atoms with van der Waals surface area (Å²) in [5.74, 6) is -0.00463. The number of rotatable bonds is 5. The Balaban J connectivity index is 0.000000324. The molecule has 0 aromatic heterocycles. The molecule has 0 spiro atoms. The number of hydrogen-bond acceptors (Lipinski definition) is 5. The molecule has 0 amide bonds. The van der Waals surface area contributed by atoms with Gasteiger partial charge >= 0.3 is 0 Å². The number of carbonyl (C=O) groups excluding carboxylic acids is 1. The van der Waals surface area contributed by atoms with E-state index in [9.17, 15) is 4.79 Å². The normalized spacial score (nSPS) is 10.3. The molecule has 0 saturated carbocycles. The Labute approximate surface area is 276 Å². The summed E-state index contributed by atoms with van der Waals surface area (Å²) in [6.07, 6.45) is 0. The zero-order chi connectivity index (χ0) is 28.9. The molecule has 0 saturated heterocycles. The van der Waals surface area contributed by atoms with Crippen LogP contribution in [0.25, 0.3) is 0 Å². The van der Waals surface area contributed by atoms with Gasteiger partial charge in [0.05, 0.1) is 6.54 Å². The maximum atomic E-state index is 10.9. The molecule has 6 N–H and O–H groups in total. The van der Waals surface area contributed by atoms with Gasteiger partial charge in [0.25, 0.3) is 0 Å². The molecule has 40 heavy (non-hydrogen) atoms. The second kappa shape index (κ2) is 18.4. The van der Waals surface area contributed by atoms with Gasteiger partial charge in [-0.2, -0.15) is 0 Å². The molecule has 4 aromatic rings. The van der Waals surface area contributed by atoms with Gasteiger partial charge in [-0.05, 0) is 85.6 Å². The van der Waals surface area contributed by atoms with E-state index >= 15 is 0 Å². The van der Waals surface area contributed by atoms with Crippen molar-refractivity contribution in [1.29, 1.82) is 0 Å². The molecule has 5 nitrogen and oxygen atoms in total. The van der Waals surface area contributed by atoms with Gasteiger partial charge < -0.3 is 17.2 Å². The molecule has 0 atom stereocenters. The van der Waals surface area contributed by atoms with Crippen LogP contribution < -0.4 is 17.2 Å². The SMILES string of the molecule is CC(=NCc1ccc(Br)cc1)c1ccc(Br)cc1N.CC(=O)c1ccc(Br)cc1N.Cl.NCc1ccc(Br)cc1. The third kappa shape index (κ3) is 12.7. The van der Waals surface area contributed by atoms with Crippen molar-refractivity contribution in [2.24, 2.45) is 10.7 Å². The Morgan fingerprint density at radius 1 is 0.650 bits per heavy atom. The van der Waals surface area contributed by atoms with Crippen LogP contribution in [-0.4, -0.2) is 11.5 Å². The van der Waals surface area contributed by atoms with Crippen LogP contribution >= 0.6 is 76.1 Å². The minimum Gasteiger partial charge on any atom is -0.398 e. The molecule has 0 heterocycles. The van der Waals surface area contributed by atoms with Crippen LogP contribution in [-0.2, 0) is 13.1 Å². The Morgan fingerprint density at radius 3 is 1.45 bits per heavy atom. The number of carbonyl (C=O) groups is 1. The fourth-order valence-corrected chi connectivity index (χ4v) is 4.51. The lowest BCUT2D eigenvalue weighted by atomic mass is 10.1. The topological polar surface area (TPSA) is 107 Å². The zero-order valence-electron chi connectivity index (χ0n) is 22.0. The maximum Gasteiger partial charge on any atom is 0.161 e. The van der Waals surface area contributed by atoms with Crippen molar-refractivity contribution >= 4 is 99.0 Å². The van der Waals surface area contributed by atoms with E-state index in [1.807, 2.05) is 61.5 Å². The van der Waals surface area contributed by atoms with Crippen molar-refractivity contribution in [3.05, 3.63) is 125 Å². The highest BCUT2D eigenvalue weighted by Gasteiger charge is 2.04. The molecule has 0 aliphatic carbocycles. The Kier molecular flexibility index (Phi) is 16.6. The number of nitrogen functional groups attached to an aromatic ring is 2. The van der Waals surface area contributed by atoms with Gasteiger partial charge in [0.1, 0.15) is 0 Å². The molecule has 10 heteroatoms. The lowest BCUT2D eigenvalue weighted by molar-refractivity contribution is 0.101. The fourth-order valence-electron chi connectivity index (χ4n) is 3.22. The number of hydrogen-bond donors (Lipinski definition) is 3. The molecule has 0 bridgehead atoms. The molecule has 4 rings (SSSR count). The predicted molar refractivity (Wildman–Crippen MR) is 186 cm³/mol. The molecule has 212 valence electrons. The van der Waals surface area contributed by atoms with Crippen molar-refractivity contribution in [2.45, 2.75) is 26.9 Å². The van der Waals surface area contributed by atoms with Crippen molar-refractivity contribution in [2.75, 3.05) is 11.5 Å². The van der Waals surface area contributed by atoms with Crippen LogP contribution in [0, 0.1) is 0 Å². The van der Waals surface area contributed by atoms with E-state index in [1.165, 1.54) is 18.1 Å². The molecule has 4 aromatic carbocycles. The van der Waals surface area contributed by atoms with Gasteiger partial charge in [-0.25, -0.2) is 0 Å². The van der Waals surface area contributed by atoms with Gasteiger partial charge in [-0.3, -0.25) is 9.79 Å². The van der Waals surface area contributed by atoms with E-state index in [-0.39, 0.29) is 18.2 Å². The van der Waals surface area contributed by atoms with E-state index in [1.54, 1.807) is 18.2 Å². The van der Waals surface area contributed by atoms with E-state index < -0.39 is 0 Å². The molecular weight excluding hydrogens is 787 g/mol. The lowest BCUT2D eigenvalue weighted by Gasteiger charge is -2.06. The summed E-state index contributed by atoms with van der Waals surface area (Å²) in [6.45, 7) is 4.76. The van der Waals surface area contributed by atoms with Gasteiger partial charge in [0.2, 0.25) is 0 Å². The smallest absolute Gasteiger partial charge is 0.161 e.